The van der Waals surface area contributed by atoms with E-state index in [4.69, 9.17) is 0 Å². The third kappa shape index (κ3) is 2.39. The summed E-state index contributed by atoms with van der Waals surface area (Å²) in [5.41, 5.74) is 1.08. The van der Waals surface area contributed by atoms with Gasteiger partial charge in [0.25, 0.3) is 0 Å². The second-order valence-corrected chi connectivity index (χ2v) is 7.30. The smallest absolute Gasteiger partial charge is 0.0308 e. The lowest BCUT2D eigenvalue weighted by Gasteiger charge is -2.40. The Morgan fingerprint density at radius 2 is 1.76 bits per heavy atom. The van der Waals surface area contributed by atoms with Gasteiger partial charge >= 0.3 is 0 Å². The van der Waals surface area contributed by atoms with E-state index in [1.165, 1.54) is 64.6 Å². The molecule has 17 heavy (non-hydrogen) atoms. The molecule has 2 saturated carbocycles. The second-order valence-electron chi connectivity index (χ2n) is 7.30. The summed E-state index contributed by atoms with van der Waals surface area (Å²) in [5, 5.41) is 3.90. The molecular weight excluding hydrogens is 208 g/mol. The lowest BCUT2D eigenvalue weighted by molar-refractivity contribution is 0.148. The summed E-state index contributed by atoms with van der Waals surface area (Å²) in [4.78, 5) is 2.81. The fraction of sp³-hybridized carbons (Fsp3) is 1.00. The summed E-state index contributed by atoms with van der Waals surface area (Å²) in [6.45, 7) is 8.75. The Bertz CT molecular complexity index is 279. The molecule has 1 heterocycles. The highest BCUT2D eigenvalue weighted by molar-refractivity contribution is 5.06. The van der Waals surface area contributed by atoms with E-state index in [1.54, 1.807) is 0 Å². The van der Waals surface area contributed by atoms with Crippen molar-refractivity contribution in [3.63, 3.8) is 0 Å². The van der Waals surface area contributed by atoms with Gasteiger partial charge < -0.3 is 5.32 Å². The number of hydrogen-bond donors (Lipinski definition) is 1. The molecule has 1 spiro atoms. The van der Waals surface area contributed by atoms with Crippen molar-refractivity contribution in [2.75, 3.05) is 19.6 Å². The maximum atomic E-state index is 3.90. The molecular formula is C15H28N2. The Morgan fingerprint density at radius 1 is 1.06 bits per heavy atom. The average molecular weight is 236 g/mol. The fourth-order valence-corrected chi connectivity index (χ4v) is 4.05. The van der Waals surface area contributed by atoms with Gasteiger partial charge in [-0.2, -0.15) is 0 Å². The van der Waals surface area contributed by atoms with Crippen LogP contribution in [0.25, 0.3) is 0 Å². The first-order chi connectivity index (χ1) is 8.11. The third-order valence-corrected chi connectivity index (χ3v) is 5.34. The van der Waals surface area contributed by atoms with Crippen molar-refractivity contribution >= 4 is 0 Å². The Kier molecular flexibility index (Phi) is 2.99. The molecule has 0 aromatic carbocycles. The van der Waals surface area contributed by atoms with Gasteiger partial charge in [-0.25, -0.2) is 0 Å². The predicted molar refractivity (Wildman–Crippen MR) is 72.2 cm³/mol. The van der Waals surface area contributed by atoms with Crippen LogP contribution in [0.15, 0.2) is 0 Å². The summed E-state index contributed by atoms with van der Waals surface area (Å²) in [7, 11) is 0. The molecule has 98 valence electrons. The summed E-state index contributed by atoms with van der Waals surface area (Å²) < 4.78 is 0. The quantitative estimate of drug-likeness (QED) is 0.753. The Labute approximate surface area is 106 Å². The van der Waals surface area contributed by atoms with E-state index >= 15 is 0 Å². The Balaban J connectivity index is 1.69. The molecule has 1 unspecified atom stereocenters. The van der Waals surface area contributed by atoms with Crippen LogP contribution in [-0.4, -0.2) is 36.1 Å². The normalized spacial score (nSPS) is 36.7. The monoisotopic (exact) mass is 236 g/mol. The highest BCUT2D eigenvalue weighted by atomic mass is 15.2. The van der Waals surface area contributed by atoms with Crippen LogP contribution in [0.1, 0.15) is 58.8 Å². The molecule has 0 aromatic heterocycles. The van der Waals surface area contributed by atoms with Crippen LogP contribution in [0.2, 0.25) is 0 Å². The largest absolute Gasteiger partial charge is 0.310 e. The summed E-state index contributed by atoms with van der Waals surface area (Å²) in [6.07, 6.45) is 9.92. The minimum atomic E-state index is 0.480. The summed E-state index contributed by atoms with van der Waals surface area (Å²) >= 11 is 0. The zero-order valence-electron chi connectivity index (χ0n) is 11.6. The van der Waals surface area contributed by atoms with Gasteiger partial charge in [0.2, 0.25) is 0 Å². The van der Waals surface area contributed by atoms with E-state index in [0.717, 1.165) is 6.04 Å². The van der Waals surface area contributed by atoms with Gasteiger partial charge in [0.15, 0.2) is 0 Å². The van der Waals surface area contributed by atoms with E-state index in [1.807, 2.05) is 0 Å². The van der Waals surface area contributed by atoms with Crippen molar-refractivity contribution < 1.29 is 0 Å². The minimum Gasteiger partial charge on any atom is -0.310 e. The van der Waals surface area contributed by atoms with Crippen molar-refractivity contribution in [3.05, 3.63) is 0 Å². The first-order valence-corrected chi connectivity index (χ1v) is 7.61. The molecule has 0 bridgehead atoms. The van der Waals surface area contributed by atoms with Crippen LogP contribution in [0, 0.1) is 5.41 Å². The van der Waals surface area contributed by atoms with Crippen LogP contribution in [0.3, 0.4) is 0 Å². The zero-order valence-corrected chi connectivity index (χ0v) is 11.6. The van der Waals surface area contributed by atoms with E-state index < -0.39 is 0 Å². The number of hydrogen-bond acceptors (Lipinski definition) is 2. The highest BCUT2D eigenvalue weighted by Gasteiger charge is 2.51. The molecule has 1 aliphatic heterocycles. The Morgan fingerprint density at radius 3 is 2.41 bits per heavy atom. The molecule has 2 nitrogen and oxygen atoms in total. The second kappa shape index (κ2) is 4.24. The lowest BCUT2D eigenvalue weighted by Crippen LogP contribution is -2.53. The zero-order chi connectivity index (χ0) is 11.9. The molecule has 0 aromatic rings. The van der Waals surface area contributed by atoms with Crippen LogP contribution in [0.5, 0.6) is 0 Å². The van der Waals surface area contributed by atoms with Gasteiger partial charge in [0, 0.05) is 18.1 Å². The van der Waals surface area contributed by atoms with Crippen molar-refractivity contribution in [2.24, 2.45) is 5.41 Å². The molecule has 3 fully saturated rings. The molecule has 0 radical (unpaired) electrons. The summed E-state index contributed by atoms with van der Waals surface area (Å²) in [6, 6.07) is 0.876. The maximum Gasteiger partial charge on any atom is 0.0308 e. The number of nitrogens with one attached hydrogen (secondary N) is 1. The molecule has 3 aliphatic rings. The molecule has 1 N–H and O–H groups in total. The molecule has 3 rings (SSSR count). The van der Waals surface area contributed by atoms with E-state index in [0.29, 0.717) is 11.0 Å². The molecule has 2 heteroatoms. The first-order valence-electron chi connectivity index (χ1n) is 7.61. The van der Waals surface area contributed by atoms with Crippen molar-refractivity contribution in [3.8, 4) is 0 Å². The Hall–Kier alpha value is -0.0800. The molecule has 2 aliphatic carbocycles. The van der Waals surface area contributed by atoms with Crippen LogP contribution >= 0.6 is 0 Å². The standard InChI is InChI=1S/C15H28N2/c1-14(2)11-13(14)17-10-6-9-16-15(12-17)7-4-3-5-8-15/h13,16H,3-12H2,1-2H3. The third-order valence-electron chi connectivity index (χ3n) is 5.34. The topological polar surface area (TPSA) is 15.3 Å². The van der Waals surface area contributed by atoms with E-state index in [2.05, 4.69) is 24.1 Å². The van der Waals surface area contributed by atoms with Gasteiger partial charge in [-0.05, 0) is 44.2 Å². The summed E-state index contributed by atoms with van der Waals surface area (Å²) in [5.74, 6) is 0. The minimum absolute atomic E-state index is 0.480. The average Bonchev–Trinajstić information content (AvgIpc) is 2.98. The van der Waals surface area contributed by atoms with Gasteiger partial charge in [-0.1, -0.05) is 33.1 Å². The van der Waals surface area contributed by atoms with Crippen molar-refractivity contribution in [1.82, 2.24) is 10.2 Å². The first kappa shape index (κ1) is 12.0. The molecule has 1 atom stereocenters. The predicted octanol–water partition coefficient (Wildman–Crippen LogP) is 2.78. The van der Waals surface area contributed by atoms with Crippen LogP contribution in [0.4, 0.5) is 0 Å². The van der Waals surface area contributed by atoms with E-state index in [-0.39, 0.29) is 0 Å². The van der Waals surface area contributed by atoms with Gasteiger partial charge in [0.1, 0.15) is 0 Å². The van der Waals surface area contributed by atoms with Crippen LogP contribution < -0.4 is 5.32 Å². The van der Waals surface area contributed by atoms with Gasteiger partial charge in [0.05, 0.1) is 0 Å². The lowest BCUT2D eigenvalue weighted by atomic mass is 9.81. The molecule has 1 saturated heterocycles. The molecule has 0 amide bonds. The van der Waals surface area contributed by atoms with E-state index in [9.17, 15) is 0 Å². The van der Waals surface area contributed by atoms with Crippen molar-refractivity contribution in [2.45, 2.75) is 70.4 Å². The van der Waals surface area contributed by atoms with Crippen LogP contribution in [-0.2, 0) is 0 Å². The van der Waals surface area contributed by atoms with Gasteiger partial charge in [-0.15, -0.1) is 0 Å². The number of nitrogens with zero attached hydrogens (tertiary/aromatic N) is 1. The van der Waals surface area contributed by atoms with Gasteiger partial charge in [-0.3, -0.25) is 4.90 Å². The fourth-order valence-electron chi connectivity index (χ4n) is 4.05. The maximum absolute atomic E-state index is 3.90. The highest BCUT2D eigenvalue weighted by Crippen LogP contribution is 2.49. The number of rotatable bonds is 1. The van der Waals surface area contributed by atoms with Crippen molar-refractivity contribution in [1.29, 1.82) is 0 Å². The SMILES string of the molecule is CC1(C)CC1N1CCCNC2(CCCCC2)C1.